The molecule has 4 aliphatic heterocycles. The quantitative estimate of drug-likeness (QED) is 0.142. The van der Waals surface area contributed by atoms with Crippen LogP contribution in [0.25, 0.3) is 22.0 Å². The van der Waals surface area contributed by atoms with Crippen LogP contribution in [0.2, 0.25) is 0 Å². The molecule has 0 aliphatic carbocycles. The largest absolute Gasteiger partial charge is 0.474 e. The number of aromatic nitrogens is 3. The van der Waals surface area contributed by atoms with Gasteiger partial charge in [0.25, 0.3) is 0 Å². The van der Waals surface area contributed by atoms with E-state index in [1.54, 1.807) is 0 Å². The van der Waals surface area contributed by atoms with Gasteiger partial charge in [-0.05, 0) is 104 Å². The Hall–Kier alpha value is -5.72. The zero-order valence-electron chi connectivity index (χ0n) is 33.1. The first-order valence-corrected chi connectivity index (χ1v) is 20.4. The second-order valence-electron chi connectivity index (χ2n) is 15.8. The van der Waals surface area contributed by atoms with Crippen LogP contribution >= 0.6 is 0 Å². The molecule has 294 valence electrons. The van der Waals surface area contributed by atoms with Crippen LogP contribution < -0.4 is 30.5 Å². The summed E-state index contributed by atoms with van der Waals surface area (Å²) in [5.74, 6) is 1.83. The lowest BCUT2D eigenvalue weighted by Gasteiger charge is -2.38. The number of ether oxygens (including phenoxy) is 1. The monoisotopic (exact) mass is 764 g/mol. The van der Waals surface area contributed by atoms with E-state index in [1.165, 1.54) is 24.1 Å². The Kier molecular flexibility index (Phi) is 10.4. The average molecular weight is 765 g/mol. The molecule has 5 aromatic rings. The molecule has 0 bridgehead atoms. The van der Waals surface area contributed by atoms with Crippen molar-refractivity contribution in [1.82, 2.24) is 30.1 Å². The van der Waals surface area contributed by atoms with Crippen LogP contribution in [-0.4, -0.2) is 103 Å². The van der Waals surface area contributed by atoms with E-state index in [9.17, 15) is 4.79 Å². The van der Waals surface area contributed by atoms with Gasteiger partial charge in [0.1, 0.15) is 12.3 Å². The standard InChI is InChI=1S/C45H52N10O2/c1-30-26-38(10-11-41(30)55-18-12-31(2)49-45(55)56)54-23-21-53(22-24-54)20-19-52-16-13-34(14-17-52)33-6-8-37(9-7-33)50-44-48-28-36-5-4-35(27-40(36)51-44)39-29-47-43-42(32(39)3)46-15-25-57-43/h4-11,26-29,34,46H,2,12-25H2,1,3H3,(H,49,56)(H,48,50,51). The molecule has 2 amide bonds. The van der Waals surface area contributed by atoms with E-state index in [4.69, 9.17) is 9.72 Å². The molecule has 0 spiro atoms. The number of hydrogen-bond acceptors (Lipinski definition) is 10. The van der Waals surface area contributed by atoms with Gasteiger partial charge in [0, 0.05) is 105 Å². The number of rotatable bonds is 9. The fourth-order valence-corrected chi connectivity index (χ4v) is 8.73. The number of hydrogen-bond donors (Lipinski definition) is 3. The number of piperidine rings is 1. The number of carbonyl (C=O) groups is 1. The smallest absolute Gasteiger partial charge is 0.326 e. The Bertz CT molecular complexity index is 2280. The van der Waals surface area contributed by atoms with Crippen molar-refractivity contribution in [3.8, 4) is 17.0 Å². The number of nitrogens with zero attached hydrogens (tertiary/aromatic N) is 7. The number of aryl methyl sites for hydroxylation is 1. The van der Waals surface area contributed by atoms with Crippen LogP contribution in [0.3, 0.4) is 0 Å². The Labute approximate surface area is 334 Å². The summed E-state index contributed by atoms with van der Waals surface area (Å²) in [5.41, 5.74) is 11.6. The van der Waals surface area contributed by atoms with Gasteiger partial charge in [0.05, 0.1) is 5.52 Å². The molecule has 12 heteroatoms. The minimum Gasteiger partial charge on any atom is -0.474 e. The molecule has 9 rings (SSSR count). The number of urea groups is 1. The predicted molar refractivity (Wildman–Crippen MR) is 229 cm³/mol. The van der Waals surface area contributed by atoms with Crippen molar-refractivity contribution in [2.75, 3.05) is 92.5 Å². The van der Waals surface area contributed by atoms with E-state index in [0.717, 1.165) is 121 Å². The van der Waals surface area contributed by atoms with E-state index in [2.05, 4.69) is 122 Å². The maximum atomic E-state index is 12.5. The molecule has 6 heterocycles. The summed E-state index contributed by atoms with van der Waals surface area (Å²) < 4.78 is 5.73. The van der Waals surface area contributed by atoms with Gasteiger partial charge in [-0.25, -0.2) is 19.7 Å². The molecule has 3 fully saturated rings. The summed E-state index contributed by atoms with van der Waals surface area (Å²) in [6, 6.07) is 21.5. The Balaban J connectivity index is 0.734. The number of piperazine rings is 1. The second-order valence-corrected chi connectivity index (χ2v) is 15.8. The van der Waals surface area contributed by atoms with Crippen molar-refractivity contribution in [1.29, 1.82) is 0 Å². The summed E-state index contributed by atoms with van der Waals surface area (Å²) in [6.07, 6.45) is 6.91. The maximum absolute atomic E-state index is 12.5. The molecule has 12 nitrogen and oxygen atoms in total. The maximum Gasteiger partial charge on any atom is 0.326 e. The molecule has 3 aromatic carbocycles. The molecule has 3 N–H and O–H groups in total. The van der Waals surface area contributed by atoms with Gasteiger partial charge in [-0.3, -0.25) is 9.80 Å². The van der Waals surface area contributed by atoms with Crippen LogP contribution in [0.15, 0.2) is 85.3 Å². The van der Waals surface area contributed by atoms with Gasteiger partial charge in [0.15, 0.2) is 0 Å². The molecule has 57 heavy (non-hydrogen) atoms. The summed E-state index contributed by atoms with van der Waals surface area (Å²) in [6.45, 7) is 18.9. The highest BCUT2D eigenvalue weighted by Gasteiger charge is 2.25. The third kappa shape index (κ3) is 7.97. The van der Waals surface area contributed by atoms with E-state index in [-0.39, 0.29) is 6.03 Å². The number of nitrogens with one attached hydrogen (secondary N) is 3. The van der Waals surface area contributed by atoms with Gasteiger partial charge >= 0.3 is 6.03 Å². The number of benzene rings is 3. The topological polar surface area (TPSA) is 114 Å². The lowest BCUT2D eigenvalue weighted by Crippen LogP contribution is -2.49. The number of pyridine rings is 1. The van der Waals surface area contributed by atoms with Crippen LogP contribution in [0.4, 0.5) is 33.5 Å². The van der Waals surface area contributed by atoms with Crippen LogP contribution in [0.1, 0.15) is 41.9 Å². The van der Waals surface area contributed by atoms with E-state index >= 15 is 0 Å². The highest BCUT2D eigenvalue weighted by Crippen LogP contribution is 2.36. The van der Waals surface area contributed by atoms with Gasteiger partial charge in [-0.1, -0.05) is 30.8 Å². The minimum atomic E-state index is -0.0871. The summed E-state index contributed by atoms with van der Waals surface area (Å²) in [4.78, 5) is 36.1. The van der Waals surface area contributed by atoms with Gasteiger partial charge in [-0.2, -0.15) is 0 Å². The summed E-state index contributed by atoms with van der Waals surface area (Å²) in [5, 5.41) is 10.7. The first-order valence-electron chi connectivity index (χ1n) is 20.4. The van der Waals surface area contributed by atoms with Crippen molar-refractivity contribution in [3.63, 3.8) is 0 Å². The zero-order chi connectivity index (χ0) is 38.9. The van der Waals surface area contributed by atoms with E-state index < -0.39 is 0 Å². The molecule has 0 radical (unpaired) electrons. The van der Waals surface area contributed by atoms with Crippen molar-refractivity contribution in [3.05, 3.63) is 102 Å². The number of likely N-dealkylation sites (tertiary alicyclic amines) is 1. The zero-order valence-corrected chi connectivity index (χ0v) is 33.1. The highest BCUT2D eigenvalue weighted by atomic mass is 16.5. The normalized spacial score (nSPS) is 18.2. The molecule has 4 aliphatic rings. The number of amides is 2. The van der Waals surface area contributed by atoms with Gasteiger partial charge < -0.3 is 30.5 Å². The van der Waals surface area contributed by atoms with Crippen molar-refractivity contribution < 1.29 is 9.53 Å². The molecular weight excluding hydrogens is 713 g/mol. The molecular formula is C45H52N10O2. The van der Waals surface area contributed by atoms with Crippen molar-refractivity contribution in [2.24, 2.45) is 0 Å². The first kappa shape index (κ1) is 36.9. The first-order chi connectivity index (χ1) is 27.8. The number of fused-ring (bicyclic) bond motifs is 2. The lowest BCUT2D eigenvalue weighted by molar-refractivity contribution is 0.168. The molecule has 2 aromatic heterocycles. The number of anilines is 5. The Morgan fingerprint density at radius 1 is 0.877 bits per heavy atom. The minimum absolute atomic E-state index is 0.0871. The van der Waals surface area contributed by atoms with E-state index in [1.807, 2.05) is 17.3 Å². The van der Waals surface area contributed by atoms with Crippen LogP contribution in [-0.2, 0) is 0 Å². The van der Waals surface area contributed by atoms with Gasteiger partial charge in [-0.15, -0.1) is 0 Å². The predicted octanol–water partition coefficient (Wildman–Crippen LogP) is 7.29. The van der Waals surface area contributed by atoms with Crippen molar-refractivity contribution >= 4 is 45.6 Å². The fourth-order valence-electron chi connectivity index (χ4n) is 8.73. The molecule has 0 saturated carbocycles. The third-order valence-electron chi connectivity index (χ3n) is 12.2. The summed E-state index contributed by atoms with van der Waals surface area (Å²) >= 11 is 0. The van der Waals surface area contributed by atoms with Crippen molar-refractivity contribution in [2.45, 2.75) is 39.0 Å². The van der Waals surface area contributed by atoms with Crippen LogP contribution in [0.5, 0.6) is 5.88 Å². The van der Waals surface area contributed by atoms with E-state index in [0.29, 0.717) is 30.9 Å². The average Bonchev–Trinajstić information content (AvgIpc) is 3.24. The highest BCUT2D eigenvalue weighted by molar-refractivity contribution is 5.95. The SMILES string of the molecule is C=C1CCN(c2ccc(N3CCN(CCN4CCC(c5ccc(Nc6ncc7ccc(-c8cnc9c(c8C)NCCO9)cc7n6)cc5)CC4)CC3)cc2C)C(=O)N1. The van der Waals surface area contributed by atoms with Crippen LogP contribution in [0, 0.1) is 13.8 Å². The third-order valence-corrected chi connectivity index (χ3v) is 12.2. The fraction of sp³-hybridized carbons (Fsp3) is 0.378. The number of carbonyl (C=O) groups excluding carboxylic acids is 1. The Morgan fingerprint density at radius 3 is 2.44 bits per heavy atom. The molecule has 3 saturated heterocycles. The Morgan fingerprint density at radius 2 is 1.67 bits per heavy atom. The summed E-state index contributed by atoms with van der Waals surface area (Å²) in [7, 11) is 0. The lowest BCUT2D eigenvalue weighted by atomic mass is 9.89. The molecule has 0 atom stereocenters. The van der Waals surface area contributed by atoms with Gasteiger partial charge in [0.2, 0.25) is 11.8 Å². The second kappa shape index (κ2) is 16.0. The molecule has 0 unspecified atom stereocenters.